The molecule has 0 bridgehead atoms. The fourth-order valence-corrected chi connectivity index (χ4v) is 0.906. The monoisotopic (exact) mass is 146 g/mol. The molecular formula is C8H7N3. The maximum atomic E-state index is 7.49. The number of aryl methyl sites for hydroxylation is 1. The van der Waals surface area contributed by atoms with E-state index in [0.29, 0.717) is 11.3 Å². The smallest absolute Gasteiger partial charge is 0.126 e. The summed E-state index contributed by atoms with van der Waals surface area (Å²) in [6, 6.07) is 3.63. The summed E-state index contributed by atoms with van der Waals surface area (Å²) in [5.41, 5.74) is 1.29. The van der Waals surface area contributed by atoms with E-state index in [1.807, 2.05) is 6.07 Å². The van der Waals surface area contributed by atoms with E-state index in [-0.39, 0.29) is 6.17 Å². The topological polar surface area (TPSA) is 38.7 Å². The third-order valence-electron chi connectivity index (χ3n) is 1.39. The lowest BCUT2D eigenvalue weighted by atomic mass is 10.4. The largest absolute Gasteiger partial charge is 0.253 e. The Morgan fingerprint density at radius 2 is 2.27 bits per heavy atom. The Labute approximate surface area is 65.5 Å². The highest BCUT2D eigenvalue weighted by Gasteiger charge is 1.93. The molecule has 0 unspecified atom stereocenters. The van der Waals surface area contributed by atoms with Gasteiger partial charge in [-0.1, -0.05) is 0 Å². The van der Waals surface area contributed by atoms with Crippen LogP contribution >= 0.6 is 0 Å². The lowest BCUT2D eigenvalue weighted by molar-refractivity contribution is 1.08. The van der Waals surface area contributed by atoms with Crippen LogP contribution in [0.25, 0.3) is 11.0 Å². The average Bonchev–Trinajstić information content (AvgIpc) is 2.04. The molecule has 0 amide bonds. The second kappa shape index (κ2) is 2.27. The lowest BCUT2D eigenvalue weighted by Gasteiger charge is -1.94. The van der Waals surface area contributed by atoms with Crippen molar-refractivity contribution in [3.8, 4) is 0 Å². The van der Waals surface area contributed by atoms with E-state index in [1.165, 1.54) is 0 Å². The standard InChI is InChI=1S/C8H7N3/c1-6-10-5-8-7(11-6)3-2-4-9-8/h2-5H,1H3/i5D. The van der Waals surface area contributed by atoms with Gasteiger partial charge in [-0.05, 0) is 19.1 Å². The highest BCUT2D eigenvalue weighted by atomic mass is 14.9. The SMILES string of the molecule is [2H]c1nc(C)nc2cccnc12. The van der Waals surface area contributed by atoms with Gasteiger partial charge >= 0.3 is 0 Å². The van der Waals surface area contributed by atoms with E-state index in [2.05, 4.69) is 15.0 Å². The Bertz CT molecular complexity index is 428. The number of nitrogens with zero attached hydrogens (tertiary/aromatic N) is 3. The van der Waals surface area contributed by atoms with E-state index in [0.717, 1.165) is 5.52 Å². The quantitative estimate of drug-likeness (QED) is 0.562. The van der Waals surface area contributed by atoms with E-state index in [4.69, 9.17) is 1.37 Å². The molecule has 0 spiro atoms. The predicted octanol–water partition coefficient (Wildman–Crippen LogP) is 1.33. The van der Waals surface area contributed by atoms with Crippen molar-refractivity contribution in [3.63, 3.8) is 0 Å². The first-order valence-corrected chi connectivity index (χ1v) is 3.33. The third-order valence-corrected chi connectivity index (χ3v) is 1.39. The molecule has 2 aromatic rings. The molecule has 0 N–H and O–H groups in total. The van der Waals surface area contributed by atoms with Crippen molar-refractivity contribution < 1.29 is 1.37 Å². The fourth-order valence-electron chi connectivity index (χ4n) is 0.906. The summed E-state index contributed by atoms with van der Waals surface area (Å²) >= 11 is 0. The molecule has 0 fully saturated rings. The molecule has 11 heavy (non-hydrogen) atoms. The van der Waals surface area contributed by atoms with Gasteiger partial charge in [-0.2, -0.15) is 0 Å². The average molecular weight is 146 g/mol. The van der Waals surface area contributed by atoms with Crippen LogP contribution in [0.15, 0.2) is 24.5 Å². The molecule has 0 radical (unpaired) electrons. The van der Waals surface area contributed by atoms with Gasteiger partial charge in [0.15, 0.2) is 0 Å². The van der Waals surface area contributed by atoms with E-state index in [1.54, 1.807) is 19.2 Å². The van der Waals surface area contributed by atoms with Crippen LogP contribution in [0.5, 0.6) is 0 Å². The van der Waals surface area contributed by atoms with Crippen LogP contribution in [0.2, 0.25) is 0 Å². The molecule has 2 aromatic heterocycles. The Morgan fingerprint density at radius 1 is 1.36 bits per heavy atom. The minimum Gasteiger partial charge on any atom is -0.253 e. The lowest BCUT2D eigenvalue weighted by Crippen LogP contribution is -1.88. The van der Waals surface area contributed by atoms with Gasteiger partial charge in [0.2, 0.25) is 0 Å². The molecular weight excluding hydrogens is 138 g/mol. The minimum absolute atomic E-state index is 0.193. The van der Waals surface area contributed by atoms with Gasteiger partial charge in [0.25, 0.3) is 0 Å². The normalized spacial score (nSPS) is 11.5. The van der Waals surface area contributed by atoms with Crippen LogP contribution in [-0.4, -0.2) is 15.0 Å². The summed E-state index contributed by atoms with van der Waals surface area (Å²) in [5.74, 6) is 0.612. The zero-order valence-electron chi connectivity index (χ0n) is 7.07. The molecule has 0 atom stereocenters. The molecule has 0 saturated heterocycles. The molecule has 0 aliphatic rings. The number of pyridine rings is 1. The molecule has 0 aliphatic heterocycles. The van der Waals surface area contributed by atoms with Gasteiger partial charge in [-0.25, -0.2) is 9.97 Å². The first kappa shape index (κ1) is 5.18. The molecule has 0 saturated carbocycles. The minimum atomic E-state index is 0.193. The second-order valence-corrected chi connectivity index (χ2v) is 2.25. The molecule has 3 nitrogen and oxygen atoms in total. The molecule has 54 valence electrons. The van der Waals surface area contributed by atoms with Gasteiger partial charge in [0.05, 0.1) is 13.1 Å². The van der Waals surface area contributed by atoms with Crippen molar-refractivity contribution in [2.75, 3.05) is 0 Å². The van der Waals surface area contributed by atoms with Crippen molar-refractivity contribution in [2.45, 2.75) is 6.92 Å². The third kappa shape index (κ3) is 1.05. The predicted molar refractivity (Wildman–Crippen MR) is 42.1 cm³/mol. The van der Waals surface area contributed by atoms with Crippen LogP contribution < -0.4 is 0 Å². The molecule has 0 aromatic carbocycles. The van der Waals surface area contributed by atoms with Crippen LogP contribution in [0.4, 0.5) is 0 Å². The van der Waals surface area contributed by atoms with Gasteiger partial charge in [-0.15, -0.1) is 0 Å². The highest BCUT2D eigenvalue weighted by Crippen LogP contribution is 2.04. The molecule has 0 aliphatic carbocycles. The summed E-state index contributed by atoms with van der Waals surface area (Å²) in [7, 11) is 0. The Kier molecular flexibility index (Phi) is 1.07. The van der Waals surface area contributed by atoms with E-state index < -0.39 is 0 Å². The van der Waals surface area contributed by atoms with E-state index >= 15 is 0 Å². The maximum Gasteiger partial charge on any atom is 0.126 e. The highest BCUT2D eigenvalue weighted by molar-refractivity contribution is 5.72. The zero-order chi connectivity index (χ0) is 8.55. The van der Waals surface area contributed by atoms with Gasteiger partial charge in [0, 0.05) is 6.20 Å². The van der Waals surface area contributed by atoms with Crippen LogP contribution in [0.3, 0.4) is 0 Å². The van der Waals surface area contributed by atoms with Crippen LogP contribution in [0, 0.1) is 6.92 Å². The van der Waals surface area contributed by atoms with Gasteiger partial charge in [0.1, 0.15) is 11.3 Å². The number of hydrogen-bond donors (Lipinski definition) is 0. The van der Waals surface area contributed by atoms with Crippen molar-refractivity contribution in [1.29, 1.82) is 0 Å². The fraction of sp³-hybridized carbons (Fsp3) is 0.125. The van der Waals surface area contributed by atoms with Crippen molar-refractivity contribution in [1.82, 2.24) is 15.0 Å². The Morgan fingerprint density at radius 3 is 3.18 bits per heavy atom. The summed E-state index contributed by atoms with van der Waals surface area (Å²) < 4.78 is 7.49. The molecule has 2 heterocycles. The zero-order valence-corrected chi connectivity index (χ0v) is 6.07. The number of rotatable bonds is 0. The van der Waals surface area contributed by atoms with Crippen molar-refractivity contribution in [3.05, 3.63) is 30.3 Å². The summed E-state index contributed by atoms with van der Waals surface area (Å²) in [5, 5.41) is 0. The van der Waals surface area contributed by atoms with Gasteiger partial charge < -0.3 is 0 Å². The first-order valence-electron chi connectivity index (χ1n) is 3.83. The number of hydrogen-bond acceptors (Lipinski definition) is 3. The van der Waals surface area contributed by atoms with Crippen LogP contribution in [0.1, 0.15) is 7.20 Å². The summed E-state index contributed by atoms with van der Waals surface area (Å²) in [6.45, 7) is 1.77. The number of aromatic nitrogens is 3. The molecule has 3 heteroatoms. The Hall–Kier alpha value is -1.51. The molecule has 2 rings (SSSR count). The van der Waals surface area contributed by atoms with Crippen molar-refractivity contribution >= 4 is 11.0 Å². The van der Waals surface area contributed by atoms with E-state index in [9.17, 15) is 0 Å². The maximum absolute atomic E-state index is 7.49. The summed E-state index contributed by atoms with van der Waals surface area (Å²) in [4.78, 5) is 12.0. The van der Waals surface area contributed by atoms with Crippen molar-refractivity contribution in [2.24, 2.45) is 0 Å². The Balaban J connectivity index is 2.89. The number of fused-ring (bicyclic) bond motifs is 1. The van der Waals surface area contributed by atoms with Gasteiger partial charge in [-0.3, -0.25) is 4.98 Å². The summed E-state index contributed by atoms with van der Waals surface area (Å²) in [6.07, 6.45) is 1.83. The second-order valence-electron chi connectivity index (χ2n) is 2.25. The van der Waals surface area contributed by atoms with Crippen LogP contribution in [-0.2, 0) is 0 Å². The first-order chi connectivity index (χ1) is 5.77.